The summed E-state index contributed by atoms with van der Waals surface area (Å²) in [6, 6.07) is 0.828. The average molecular weight is 331 g/mol. The smallest absolute Gasteiger partial charge is 0.272 e. The lowest BCUT2D eigenvalue weighted by atomic mass is 10.0. The summed E-state index contributed by atoms with van der Waals surface area (Å²) in [6.45, 7) is 6.93. The van der Waals surface area contributed by atoms with Crippen LogP contribution < -0.4 is 10.5 Å². The van der Waals surface area contributed by atoms with Crippen LogP contribution in [-0.2, 0) is 19.5 Å². The van der Waals surface area contributed by atoms with E-state index in [9.17, 15) is 13.8 Å². The molecule has 0 fully saturated rings. The molecule has 0 aliphatic carbocycles. The van der Waals surface area contributed by atoms with E-state index < -0.39 is 27.8 Å². The molecule has 3 N–H and O–H groups in total. The minimum Gasteiger partial charge on any atom is -0.320 e. The van der Waals surface area contributed by atoms with Gasteiger partial charge in [0.25, 0.3) is 5.91 Å². The zero-order valence-corrected chi connectivity index (χ0v) is 14.2. The summed E-state index contributed by atoms with van der Waals surface area (Å²) >= 11 is 1.19. The van der Waals surface area contributed by atoms with Crippen molar-refractivity contribution in [2.24, 2.45) is 16.0 Å². The van der Waals surface area contributed by atoms with Crippen molar-refractivity contribution >= 4 is 33.1 Å². The number of aryl methyl sites for hydroxylation is 1. The first-order valence-corrected chi connectivity index (χ1v) is 8.93. The van der Waals surface area contributed by atoms with Gasteiger partial charge in [-0.3, -0.25) is 14.3 Å². The predicted molar refractivity (Wildman–Crippen MR) is 84.1 cm³/mol. The molecule has 2 amide bonds. The van der Waals surface area contributed by atoms with E-state index >= 15 is 0 Å². The Labute approximate surface area is 129 Å². The van der Waals surface area contributed by atoms with Crippen LogP contribution in [0.1, 0.15) is 32.8 Å². The second-order valence-corrected chi connectivity index (χ2v) is 8.34. The quantitative estimate of drug-likeness (QED) is 0.859. The standard InChI is InChI=1S/C13H21N3O3S2/c1-8(2)5-11(14)13(18)16-21(19,15-10(4)17)12-6-9(3)7-20-12/h6-8,11H,5,14H2,1-4H3,(H,15,16,17,18,19)/t11-,21?/m0/s1. The Morgan fingerprint density at radius 2 is 2.10 bits per heavy atom. The lowest BCUT2D eigenvalue weighted by Crippen LogP contribution is -2.34. The summed E-state index contributed by atoms with van der Waals surface area (Å²) in [7, 11) is -3.31. The summed E-state index contributed by atoms with van der Waals surface area (Å²) in [5.41, 5.74) is 6.65. The molecule has 118 valence electrons. The molecule has 2 atom stereocenters. The van der Waals surface area contributed by atoms with Gasteiger partial charge >= 0.3 is 0 Å². The van der Waals surface area contributed by atoms with Gasteiger partial charge in [-0.05, 0) is 36.3 Å². The molecule has 0 aliphatic heterocycles. The molecule has 8 heteroatoms. The zero-order chi connectivity index (χ0) is 16.2. The monoisotopic (exact) mass is 331 g/mol. The first-order valence-electron chi connectivity index (χ1n) is 6.54. The average Bonchev–Trinajstić information content (AvgIpc) is 2.74. The van der Waals surface area contributed by atoms with Gasteiger partial charge in [0.1, 0.15) is 4.21 Å². The van der Waals surface area contributed by atoms with E-state index in [2.05, 4.69) is 9.08 Å². The third kappa shape index (κ3) is 5.22. The van der Waals surface area contributed by atoms with Crippen LogP contribution >= 0.6 is 11.3 Å². The van der Waals surface area contributed by atoms with Crippen LogP contribution in [-0.4, -0.2) is 22.1 Å². The van der Waals surface area contributed by atoms with Crippen molar-refractivity contribution < 1.29 is 13.8 Å². The molecule has 1 heterocycles. The Bertz CT molecular complexity index is 643. The normalized spacial score (nSPS) is 15.3. The van der Waals surface area contributed by atoms with Crippen LogP contribution in [0.25, 0.3) is 0 Å². The Balaban J connectivity index is 3.19. The van der Waals surface area contributed by atoms with Crippen molar-refractivity contribution in [3.05, 3.63) is 17.0 Å². The maximum atomic E-state index is 12.8. The van der Waals surface area contributed by atoms with E-state index in [0.29, 0.717) is 10.6 Å². The predicted octanol–water partition coefficient (Wildman–Crippen LogP) is 1.83. The lowest BCUT2D eigenvalue weighted by molar-refractivity contribution is -0.119. The number of nitrogens with one attached hydrogen (secondary N) is 1. The number of amides is 2. The van der Waals surface area contributed by atoms with E-state index in [1.807, 2.05) is 20.8 Å². The number of nitrogens with two attached hydrogens (primary N) is 1. The van der Waals surface area contributed by atoms with Crippen LogP contribution in [0.2, 0.25) is 0 Å². The summed E-state index contributed by atoms with van der Waals surface area (Å²) in [5.74, 6) is -0.950. The fraction of sp³-hybridized carbons (Fsp3) is 0.538. The number of hydrogen-bond acceptors (Lipinski definition) is 5. The van der Waals surface area contributed by atoms with E-state index in [1.54, 1.807) is 11.4 Å². The maximum absolute atomic E-state index is 12.8. The van der Waals surface area contributed by atoms with Gasteiger partial charge < -0.3 is 5.73 Å². The van der Waals surface area contributed by atoms with E-state index in [1.165, 1.54) is 18.3 Å². The first-order chi connectivity index (χ1) is 9.64. The minimum absolute atomic E-state index is 0.222. The Morgan fingerprint density at radius 3 is 2.52 bits per heavy atom. The van der Waals surface area contributed by atoms with Gasteiger partial charge in [0, 0.05) is 6.92 Å². The molecule has 0 aromatic carbocycles. The Morgan fingerprint density at radius 1 is 1.48 bits per heavy atom. The largest absolute Gasteiger partial charge is 0.320 e. The van der Waals surface area contributed by atoms with Crippen molar-refractivity contribution in [3.8, 4) is 0 Å². The number of thiophene rings is 1. The molecule has 0 radical (unpaired) electrons. The second-order valence-electron chi connectivity index (χ2n) is 5.29. The van der Waals surface area contributed by atoms with E-state index in [4.69, 9.17) is 5.73 Å². The van der Waals surface area contributed by atoms with Crippen molar-refractivity contribution in [1.82, 2.24) is 4.72 Å². The number of rotatable bonds is 5. The molecule has 1 aromatic heterocycles. The third-order valence-electron chi connectivity index (χ3n) is 2.52. The number of carbonyl (C=O) groups is 2. The molecule has 1 rings (SSSR count). The maximum Gasteiger partial charge on any atom is 0.272 e. The molecule has 6 nitrogen and oxygen atoms in total. The highest BCUT2D eigenvalue weighted by Crippen LogP contribution is 2.21. The molecule has 0 saturated carbocycles. The van der Waals surface area contributed by atoms with Gasteiger partial charge in [0.05, 0.1) is 6.04 Å². The molecular weight excluding hydrogens is 310 g/mol. The van der Waals surface area contributed by atoms with Crippen molar-refractivity contribution in [1.29, 1.82) is 0 Å². The number of hydrogen-bond donors (Lipinski definition) is 2. The van der Waals surface area contributed by atoms with Crippen LogP contribution in [0, 0.1) is 12.8 Å². The van der Waals surface area contributed by atoms with Gasteiger partial charge in [0.2, 0.25) is 5.91 Å². The summed E-state index contributed by atoms with van der Waals surface area (Å²) in [6.07, 6.45) is 0.446. The topological polar surface area (TPSA) is 102 Å². The van der Waals surface area contributed by atoms with E-state index in [-0.39, 0.29) is 5.92 Å². The Kier molecular flexibility index (Phi) is 6.06. The molecule has 1 unspecified atom stereocenters. The van der Waals surface area contributed by atoms with Crippen molar-refractivity contribution in [2.75, 3.05) is 0 Å². The molecule has 0 bridgehead atoms. The molecule has 0 aliphatic rings. The van der Waals surface area contributed by atoms with Crippen molar-refractivity contribution in [2.45, 2.75) is 44.4 Å². The third-order valence-corrected chi connectivity index (χ3v) is 5.99. The summed E-state index contributed by atoms with van der Waals surface area (Å²) in [5, 5.41) is 1.78. The fourth-order valence-electron chi connectivity index (χ4n) is 1.67. The van der Waals surface area contributed by atoms with Crippen molar-refractivity contribution in [3.63, 3.8) is 0 Å². The highest BCUT2D eigenvalue weighted by Gasteiger charge is 2.22. The van der Waals surface area contributed by atoms with Gasteiger partial charge in [-0.15, -0.1) is 15.7 Å². The highest BCUT2D eigenvalue weighted by atomic mass is 32.2. The first kappa shape index (κ1) is 17.8. The molecule has 21 heavy (non-hydrogen) atoms. The summed E-state index contributed by atoms with van der Waals surface area (Å²) < 4.78 is 19.2. The second kappa shape index (κ2) is 7.15. The minimum atomic E-state index is -3.31. The van der Waals surface area contributed by atoms with Crippen LogP contribution in [0.4, 0.5) is 0 Å². The van der Waals surface area contributed by atoms with Gasteiger partial charge in [-0.1, -0.05) is 13.8 Å². The lowest BCUT2D eigenvalue weighted by Gasteiger charge is -2.12. The zero-order valence-electron chi connectivity index (χ0n) is 12.6. The Hall–Kier alpha value is -1.25. The SMILES string of the molecule is CC(=O)NS(=O)(=NC(=O)[C@@H](N)CC(C)C)c1cc(C)cs1. The molecule has 0 spiro atoms. The van der Waals surface area contributed by atoms with Gasteiger partial charge in [0.15, 0.2) is 9.92 Å². The number of carbonyl (C=O) groups excluding carboxylic acids is 2. The fourth-order valence-corrected chi connectivity index (χ4v) is 4.55. The van der Waals surface area contributed by atoms with Crippen LogP contribution in [0.15, 0.2) is 20.0 Å². The molecular formula is C13H21N3O3S2. The summed E-state index contributed by atoms with van der Waals surface area (Å²) in [4.78, 5) is 23.3. The van der Waals surface area contributed by atoms with Crippen LogP contribution in [0.3, 0.4) is 0 Å². The molecule has 0 saturated heterocycles. The van der Waals surface area contributed by atoms with Crippen LogP contribution in [0.5, 0.6) is 0 Å². The highest BCUT2D eigenvalue weighted by molar-refractivity contribution is 7.94. The molecule has 1 aromatic rings. The van der Waals surface area contributed by atoms with Gasteiger partial charge in [-0.25, -0.2) is 4.21 Å². The van der Waals surface area contributed by atoms with E-state index in [0.717, 1.165) is 5.56 Å². The van der Waals surface area contributed by atoms with Gasteiger partial charge in [-0.2, -0.15) is 0 Å². The number of nitrogens with zero attached hydrogens (tertiary/aromatic N) is 1.